The van der Waals surface area contributed by atoms with E-state index in [-0.39, 0.29) is 0 Å². The van der Waals surface area contributed by atoms with Crippen molar-refractivity contribution in [2.24, 2.45) is 5.92 Å². The standard InChI is InChI=1S/C11H21N/c1-7-10(6)11(8(2)3)12-9(4)5/h7-8,11-12H,4H2,1-3,5-6H3/b10-7+. The third kappa shape index (κ3) is 3.61. The monoisotopic (exact) mass is 167 g/mol. The molecule has 1 unspecified atom stereocenters. The van der Waals surface area contributed by atoms with Gasteiger partial charge in [0.1, 0.15) is 0 Å². The van der Waals surface area contributed by atoms with Crippen molar-refractivity contribution in [3.8, 4) is 0 Å². The summed E-state index contributed by atoms with van der Waals surface area (Å²) < 4.78 is 0. The first kappa shape index (κ1) is 11.3. The minimum atomic E-state index is 0.437. The van der Waals surface area contributed by atoms with E-state index in [4.69, 9.17) is 0 Å². The Kier molecular flexibility index (Phi) is 4.72. The minimum absolute atomic E-state index is 0.437. The molecule has 0 aromatic rings. The van der Waals surface area contributed by atoms with Crippen molar-refractivity contribution in [3.63, 3.8) is 0 Å². The molecule has 0 bridgehead atoms. The Bertz CT molecular complexity index is 177. The van der Waals surface area contributed by atoms with E-state index in [2.05, 4.69) is 45.7 Å². The van der Waals surface area contributed by atoms with Gasteiger partial charge in [-0.3, -0.25) is 0 Å². The lowest BCUT2D eigenvalue weighted by Crippen LogP contribution is -2.33. The molecule has 0 aromatic carbocycles. The molecule has 0 spiro atoms. The Hall–Kier alpha value is -0.720. The van der Waals surface area contributed by atoms with Crippen LogP contribution in [-0.2, 0) is 0 Å². The molecular formula is C11H21N. The van der Waals surface area contributed by atoms with E-state index in [1.165, 1.54) is 5.57 Å². The van der Waals surface area contributed by atoms with Crippen molar-refractivity contribution in [2.45, 2.75) is 40.7 Å². The van der Waals surface area contributed by atoms with Crippen LogP contribution >= 0.6 is 0 Å². The molecular weight excluding hydrogens is 146 g/mol. The molecule has 0 aliphatic carbocycles. The van der Waals surface area contributed by atoms with Crippen molar-refractivity contribution < 1.29 is 0 Å². The predicted molar refractivity (Wildman–Crippen MR) is 56.0 cm³/mol. The molecule has 0 saturated heterocycles. The first-order chi connectivity index (χ1) is 5.49. The van der Waals surface area contributed by atoms with Crippen LogP contribution in [-0.4, -0.2) is 6.04 Å². The first-order valence-electron chi connectivity index (χ1n) is 4.53. The Morgan fingerprint density at radius 1 is 1.33 bits per heavy atom. The zero-order chi connectivity index (χ0) is 9.72. The van der Waals surface area contributed by atoms with Crippen molar-refractivity contribution in [1.82, 2.24) is 5.32 Å². The smallest absolute Gasteiger partial charge is 0.0490 e. The lowest BCUT2D eigenvalue weighted by molar-refractivity contribution is 0.481. The van der Waals surface area contributed by atoms with Crippen molar-refractivity contribution >= 4 is 0 Å². The molecule has 0 aliphatic rings. The SMILES string of the molecule is C=C(C)NC(/C(C)=C/C)C(C)C. The van der Waals surface area contributed by atoms with Crippen LogP contribution in [0.4, 0.5) is 0 Å². The molecule has 0 radical (unpaired) electrons. The van der Waals surface area contributed by atoms with E-state index in [0.717, 1.165) is 5.70 Å². The molecule has 0 fully saturated rings. The average Bonchev–Trinajstić information content (AvgIpc) is 1.98. The second-order valence-electron chi connectivity index (χ2n) is 3.68. The summed E-state index contributed by atoms with van der Waals surface area (Å²) in [5.74, 6) is 0.609. The normalized spacial score (nSPS) is 14.7. The van der Waals surface area contributed by atoms with E-state index in [0.29, 0.717) is 12.0 Å². The number of hydrogen-bond donors (Lipinski definition) is 1. The number of nitrogens with one attached hydrogen (secondary N) is 1. The molecule has 12 heavy (non-hydrogen) atoms. The highest BCUT2D eigenvalue weighted by atomic mass is 14.9. The molecule has 1 nitrogen and oxygen atoms in total. The highest BCUT2D eigenvalue weighted by Gasteiger charge is 2.13. The van der Waals surface area contributed by atoms with Gasteiger partial charge in [0.2, 0.25) is 0 Å². The molecule has 1 atom stereocenters. The third-order valence-electron chi connectivity index (χ3n) is 2.01. The van der Waals surface area contributed by atoms with Crippen LogP contribution in [0, 0.1) is 5.92 Å². The van der Waals surface area contributed by atoms with Gasteiger partial charge in [-0.25, -0.2) is 0 Å². The van der Waals surface area contributed by atoms with Gasteiger partial charge in [-0.05, 0) is 26.7 Å². The number of rotatable bonds is 4. The summed E-state index contributed by atoms with van der Waals surface area (Å²) in [7, 11) is 0. The van der Waals surface area contributed by atoms with Gasteiger partial charge < -0.3 is 5.32 Å². The fourth-order valence-electron chi connectivity index (χ4n) is 1.25. The lowest BCUT2D eigenvalue weighted by atomic mass is 9.97. The summed E-state index contributed by atoms with van der Waals surface area (Å²) in [6.45, 7) is 14.5. The molecule has 0 saturated carbocycles. The summed E-state index contributed by atoms with van der Waals surface area (Å²) in [6, 6.07) is 0.437. The third-order valence-corrected chi connectivity index (χ3v) is 2.01. The molecule has 0 aliphatic heterocycles. The van der Waals surface area contributed by atoms with E-state index < -0.39 is 0 Å². The van der Waals surface area contributed by atoms with Crippen LogP contribution in [0.2, 0.25) is 0 Å². The van der Waals surface area contributed by atoms with Gasteiger partial charge in [0.05, 0.1) is 0 Å². The maximum atomic E-state index is 3.86. The molecule has 0 amide bonds. The van der Waals surface area contributed by atoms with Crippen LogP contribution < -0.4 is 5.32 Å². The van der Waals surface area contributed by atoms with Crippen LogP contribution in [0.15, 0.2) is 23.9 Å². The van der Waals surface area contributed by atoms with E-state index in [1.54, 1.807) is 0 Å². The Morgan fingerprint density at radius 3 is 2.08 bits per heavy atom. The molecule has 0 aromatic heterocycles. The Labute approximate surface area is 76.6 Å². The first-order valence-corrected chi connectivity index (χ1v) is 4.53. The summed E-state index contributed by atoms with van der Waals surface area (Å²) in [5.41, 5.74) is 2.42. The number of hydrogen-bond acceptors (Lipinski definition) is 1. The quantitative estimate of drug-likeness (QED) is 0.634. The topological polar surface area (TPSA) is 12.0 Å². The second kappa shape index (κ2) is 5.02. The lowest BCUT2D eigenvalue weighted by Gasteiger charge is -2.24. The van der Waals surface area contributed by atoms with Gasteiger partial charge in [-0.15, -0.1) is 0 Å². The summed E-state index contributed by atoms with van der Waals surface area (Å²) in [6.07, 6.45) is 2.15. The van der Waals surface area contributed by atoms with Crippen LogP contribution in [0.5, 0.6) is 0 Å². The van der Waals surface area contributed by atoms with Gasteiger partial charge in [0.25, 0.3) is 0 Å². The fourth-order valence-corrected chi connectivity index (χ4v) is 1.25. The maximum Gasteiger partial charge on any atom is 0.0490 e. The summed E-state index contributed by atoms with van der Waals surface area (Å²) in [4.78, 5) is 0. The molecule has 1 heteroatoms. The predicted octanol–water partition coefficient (Wildman–Crippen LogP) is 3.10. The summed E-state index contributed by atoms with van der Waals surface area (Å²) in [5, 5.41) is 3.37. The van der Waals surface area contributed by atoms with Gasteiger partial charge in [0.15, 0.2) is 0 Å². The zero-order valence-corrected chi connectivity index (χ0v) is 8.94. The van der Waals surface area contributed by atoms with Gasteiger partial charge >= 0.3 is 0 Å². The van der Waals surface area contributed by atoms with Crippen LogP contribution in [0.3, 0.4) is 0 Å². The van der Waals surface area contributed by atoms with E-state index in [1.807, 2.05) is 6.92 Å². The van der Waals surface area contributed by atoms with Crippen LogP contribution in [0.1, 0.15) is 34.6 Å². The highest BCUT2D eigenvalue weighted by Crippen LogP contribution is 2.12. The Morgan fingerprint density at radius 2 is 1.83 bits per heavy atom. The van der Waals surface area contributed by atoms with Gasteiger partial charge in [0, 0.05) is 11.7 Å². The van der Waals surface area contributed by atoms with Crippen molar-refractivity contribution in [2.75, 3.05) is 0 Å². The van der Waals surface area contributed by atoms with E-state index in [9.17, 15) is 0 Å². The largest absolute Gasteiger partial charge is 0.382 e. The second-order valence-corrected chi connectivity index (χ2v) is 3.68. The van der Waals surface area contributed by atoms with Crippen molar-refractivity contribution in [3.05, 3.63) is 23.9 Å². The number of allylic oxidation sites excluding steroid dienone is 2. The zero-order valence-electron chi connectivity index (χ0n) is 8.94. The Balaban J connectivity index is 4.34. The van der Waals surface area contributed by atoms with Gasteiger partial charge in [-0.1, -0.05) is 32.1 Å². The summed E-state index contributed by atoms with van der Waals surface area (Å²) >= 11 is 0. The average molecular weight is 167 g/mol. The highest BCUT2D eigenvalue weighted by molar-refractivity contribution is 5.10. The molecule has 0 heterocycles. The molecule has 0 rings (SSSR count). The maximum absolute atomic E-state index is 3.86. The minimum Gasteiger partial charge on any atom is -0.382 e. The fraction of sp³-hybridized carbons (Fsp3) is 0.636. The van der Waals surface area contributed by atoms with E-state index >= 15 is 0 Å². The molecule has 1 N–H and O–H groups in total. The van der Waals surface area contributed by atoms with Crippen LogP contribution in [0.25, 0.3) is 0 Å². The molecule has 70 valence electrons. The van der Waals surface area contributed by atoms with Gasteiger partial charge in [-0.2, -0.15) is 0 Å². The van der Waals surface area contributed by atoms with Crippen molar-refractivity contribution in [1.29, 1.82) is 0 Å².